The van der Waals surface area contributed by atoms with E-state index in [0.717, 1.165) is 37.4 Å². The van der Waals surface area contributed by atoms with Crippen LogP contribution in [0, 0.1) is 6.92 Å². The van der Waals surface area contributed by atoms with Crippen molar-refractivity contribution in [1.29, 1.82) is 0 Å². The van der Waals surface area contributed by atoms with E-state index in [1.54, 1.807) is 0 Å². The van der Waals surface area contributed by atoms with Crippen molar-refractivity contribution >= 4 is 11.9 Å². The first-order valence-electron chi connectivity index (χ1n) is 7.38. The van der Waals surface area contributed by atoms with Gasteiger partial charge in [0, 0.05) is 19.1 Å². The normalized spacial score (nSPS) is 19.2. The van der Waals surface area contributed by atoms with Crippen LogP contribution in [-0.2, 0) is 4.74 Å². The zero-order valence-electron chi connectivity index (χ0n) is 13.2. The maximum atomic E-state index is 11.8. The van der Waals surface area contributed by atoms with Crippen molar-refractivity contribution in [1.82, 2.24) is 15.5 Å². The van der Waals surface area contributed by atoms with E-state index in [-0.39, 0.29) is 12.1 Å². The number of nitrogens with zero attached hydrogens (tertiary/aromatic N) is 3. The highest BCUT2D eigenvalue weighted by molar-refractivity contribution is 5.68. The first-order chi connectivity index (χ1) is 9.83. The largest absolute Gasteiger partial charge is 0.444 e. The molecule has 0 bridgehead atoms. The van der Waals surface area contributed by atoms with Gasteiger partial charge in [-0.2, -0.15) is 5.10 Å². The molecule has 6 heteroatoms. The van der Waals surface area contributed by atoms with Gasteiger partial charge in [0.15, 0.2) is 5.82 Å². The predicted molar refractivity (Wildman–Crippen MR) is 81.4 cm³/mol. The highest BCUT2D eigenvalue weighted by Crippen LogP contribution is 2.17. The molecule has 0 spiro atoms. The van der Waals surface area contributed by atoms with Crippen molar-refractivity contribution in [2.75, 3.05) is 18.0 Å². The van der Waals surface area contributed by atoms with Crippen LogP contribution in [0.2, 0.25) is 0 Å². The molecule has 1 fully saturated rings. The van der Waals surface area contributed by atoms with E-state index >= 15 is 0 Å². The number of ether oxygens (including phenoxy) is 1. The Labute approximate surface area is 125 Å². The summed E-state index contributed by atoms with van der Waals surface area (Å²) in [6.07, 6.45) is 1.61. The lowest BCUT2D eigenvalue weighted by Gasteiger charge is -2.34. The number of nitrogens with one attached hydrogen (secondary N) is 1. The molecule has 0 saturated carbocycles. The molecular formula is C15H24N4O2. The molecule has 116 valence electrons. The molecule has 2 heterocycles. The number of piperidine rings is 1. The lowest BCUT2D eigenvalue weighted by atomic mass is 10.1. The van der Waals surface area contributed by atoms with Crippen molar-refractivity contribution in [3.8, 4) is 0 Å². The summed E-state index contributed by atoms with van der Waals surface area (Å²) < 4.78 is 5.30. The zero-order valence-corrected chi connectivity index (χ0v) is 13.2. The van der Waals surface area contributed by atoms with Gasteiger partial charge in [-0.3, -0.25) is 0 Å². The van der Waals surface area contributed by atoms with E-state index in [1.807, 2.05) is 39.8 Å². The summed E-state index contributed by atoms with van der Waals surface area (Å²) in [5, 5.41) is 11.2. The van der Waals surface area contributed by atoms with Gasteiger partial charge in [0.05, 0.1) is 5.69 Å². The summed E-state index contributed by atoms with van der Waals surface area (Å²) in [6.45, 7) is 9.17. The molecule has 1 atom stereocenters. The van der Waals surface area contributed by atoms with Gasteiger partial charge in [-0.05, 0) is 52.7 Å². The molecule has 1 unspecified atom stereocenters. The van der Waals surface area contributed by atoms with E-state index in [1.165, 1.54) is 0 Å². The average molecular weight is 292 g/mol. The number of hydrogen-bond donors (Lipinski definition) is 1. The Kier molecular flexibility index (Phi) is 4.65. The standard InChI is InChI=1S/C15H24N4O2/c1-11-7-8-13(18-17-11)19-9-5-6-12(10-19)16-14(20)21-15(2,3)4/h7-8,12H,5-6,9-10H2,1-4H3,(H,16,20). The molecule has 1 N–H and O–H groups in total. The van der Waals surface area contributed by atoms with Crippen LogP contribution in [0.4, 0.5) is 10.6 Å². The zero-order chi connectivity index (χ0) is 15.5. The van der Waals surface area contributed by atoms with Crippen molar-refractivity contribution in [3.05, 3.63) is 17.8 Å². The van der Waals surface area contributed by atoms with Crippen molar-refractivity contribution in [2.45, 2.75) is 52.2 Å². The fourth-order valence-electron chi connectivity index (χ4n) is 2.34. The van der Waals surface area contributed by atoms with Gasteiger partial charge in [-0.25, -0.2) is 4.79 Å². The molecule has 21 heavy (non-hydrogen) atoms. The molecule has 1 saturated heterocycles. The highest BCUT2D eigenvalue weighted by atomic mass is 16.6. The molecular weight excluding hydrogens is 268 g/mol. The number of carbonyl (C=O) groups excluding carboxylic acids is 1. The second-order valence-electron chi connectivity index (χ2n) is 6.46. The van der Waals surface area contributed by atoms with E-state index < -0.39 is 5.60 Å². The molecule has 1 aliphatic rings. The number of rotatable bonds is 2. The summed E-state index contributed by atoms with van der Waals surface area (Å²) in [5.41, 5.74) is 0.431. The molecule has 0 aromatic carbocycles. The minimum absolute atomic E-state index is 0.0803. The van der Waals surface area contributed by atoms with Crippen LogP contribution in [0.5, 0.6) is 0 Å². The smallest absolute Gasteiger partial charge is 0.407 e. The van der Waals surface area contributed by atoms with Gasteiger partial charge in [0.1, 0.15) is 5.60 Å². The Bertz CT molecular complexity index is 481. The Morgan fingerprint density at radius 1 is 1.38 bits per heavy atom. The van der Waals surface area contributed by atoms with Crippen LogP contribution in [0.3, 0.4) is 0 Å². The van der Waals surface area contributed by atoms with Gasteiger partial charge >= 0.3 is 6.09 Å². The predicted octanol–water partition coefficient (Wildman–Crippen LogP) is 2.28. The Morgan fingerprint density at radius 3 is 2.76 bits per heavy atom. The maximum absolute atomic E-state index is 11.8. The second-order valence-corrected chi connectivity index (χ2v) is 6.46. The molecule has 1 aromatic heterocycles. The van der Waals surface area contributed by atoms with Crippen LogP contribution < -0.4 is 10.2 Å². The number of alkyl carbamates (subject to hydrolysis) is 1. The molecule has 6 nitrogen and oxygen atoms in total. The fraction of sp³-hybridized carbons (Fsp3) is 0.667. The van der Waals surface area contributed by atoms with Crippen LogP contribution in [-0.4, -0.2) is 41.0 Å². The van der Waals surface area contributed by atoms with Crippen molar-refractivity contribution in [2.24, 2.45) is 0 Å². The Hall–Kier alpha value is -1.85. The summed E-state index contributed by atoms with van der Waals surface area (Å²) in [6, 6.07) is 4.00. The van der Waals surface area contributed by atoms with Crippen LogP contribution in [0.1, 0.15) is 39.3 Å². The summed E-state index contributed by atoms with van der Waals surface area (Å²) in [5.74, 6) is 0.858. The average Bonchev–Trinajstić information content (AvgIpc) is 2.37. The van der Waals surface area contributed by atoms with Gasteiger partial charge in [-0.15, -0.1) is 5.10 Å². The minimum atomic E-state index is -0.471. The van der Waals surface area contributed by atoms with Crippen LogP contribution in [0.15, 0.2) is 12.1 Å². The van der Waals surface area contributed by atoms with E-state index in [9.17, 15) is 4.79 Å². The molecule has 0 aliphatic carbocycles. The number of aromatic nitrogens is 2. The summed E-state index contributed by atoms with van der Waals surface area (Å²) in [4.78, 5) is 14.0. The lowest BCUT2D eigenvalue weighted by Crippen LogP contribution is -2.49. The third-order valence-electron chi connectivity index (χ3n) is 3.25. The highest BCUT2D eigenvalue weighted by Gasteiger charge is 2.24. The van der Waals surface area contributed by atoms with Gasteiger partial charge in [0.2, 0.25) is 0 Å². The van der Waals surface area contributed by atoms with Crippen LogP contribution in [0.25, 0.3) is 0 Å². The van der Waals surface area contributed by atoms with Crippen LogP contribution >= 0.6 is 0 Å². The number of hydrogen-bond acceptors (Lipinski definition) is 5. The van der Waals surface area contributed by atoms with E-state index in [0.29, 0.717) is 0 Å². The number of aryl methyl sites for hydroxylation is 1. The monoisotopic (exact) mass is 292 g/mol. The van der Waals surface area contributed by atoms with E-state index in [2.05, 4.69) is 20.4 Å². The van der Waals surface area contributed by atoms with E-state index in [4.69, 9.17) is 4.74 Å². The lowest BCUT2D eigenvalue weighted by molar-refractivity contribution is 0.0500. The third-order valence-corrected chi connectivity index (χ3v) is 3.25. The molecule has 1 aromatic rings. The minimum Gasteiger partial charge on any atom is -0.444 e. The number of anilines is 1. The van der Waals surface area contributed by atoms with Gasteiger partial charge < -0.3 is 15.0 Å². The number of amides is 1. The SMILES string of the molecule is Cc1ccc(N2CCCC(NC(=O)OC(C)(C)C)C2)nn1. The molecule has 1 aliphatic heterocycles. The molecule has 2 rings (SSSR count). The van der Waals surface area contributed by atoms with Crippen molar-refractivity contribution in [3.63, 3.8) is 0 Å². The molecule has 0 radical (unpaired) electrons. The fourth-order valence-corrected chi connectivity index (χ4v) is 2.34. The first kappa shape index (κ1) is 15.5. The second kappa shape index (κ2) is 6.28. The quantitative estimate of drug-likeness (QED) is 0.905. The van der Waals surface area contributed by atoms with Gasteiger partial charge in [0.25, 0.3) is 0 Å². The van der Waals surface area contributed by atoms with Crippen molar-refractivity contribution < 1.29 is 9.53 Å². The maximum Gasteiger partial charge on any atom is 0.407 e. The number of carbonyl (C=O) groups is 1. The Balaban J connectivity index is 1.91. The first-order valence-corrected chi connectivity index (χ1v) is 7.38. The topological polar surface area (TPSA) is 67.4 Å². The third kappa shape index (κ3) is 4.88. The molecule has 1 amide bonds. The Morgan fingerprint density at radius 2 is 2.14 bits per heavy atom. The summed E-state index contributed by atoms with van der Waals surface area (Å²) in [7, 11) is 0. The summed E-state index contributed by atoms with van der Waals surface area (Å²) >= 11 is 0. The van der Waals surface area contributed by atoms with Gasteiger partial charge in [-0.1, -0.05) is 0 Å².